The number of ether oxygens (including phenoxy) is 2. The summed E-state index contributed by atoms with van der Waals surface area (Å²) in [6.07, 6.45) is 1.30. The van der Waals surface area contributed by atoms with E-state index in [-0.39, 0.29) is 17.3 Å². The van der Waals surface area contributed by atoms with Crippen molar-refractivity contribution in [2.45, 2.75) is 6.54 Å². The van der Waals surface area contributed by atoms with Gasteiger partial charge in [-0.05, 0) is 17.7 Å². The molecule has 1 aromatic carbocycles. The van der Waals surface area contributed by atoms with Crippen LogP contribution >= 0.6 is 11.6 Å². The van der Waals surface area contributed by atoms with Crippen LogP contribution in [0.2, 0.25) is 5.02 Å². The minimum atomic E-state index is -0.480. The molecule has 0 aliphatic rings. The molecule has 0 atom stereocenters. The van der Waals surface area contributed by atoms with Crippen LogP contribution in [0.1, 0.15) is 5.56 Å². The zero-order valence-corrected chi connectivity index (χ0v) is 16.0. The van der Waals surface area contributed by atoms with E-state index < -0.39 is 4.92 Å². The first kappa shape index (κ1) is 20.8. The molecular weight excluding hydrogens is 374 g/mol. The van der Waals surface area contributed by atoms with E-state index in [9.17, 15) is 10.1 Å². The highest BCUT2D eigenvalue weighted by Gasteiger charge is 2.26. The van der Waals surface area contributed by atoms with Crippen molar-refractivity contribution in [2.24, 2.45) is 0 Å². The molecule has 1 heterocycles. The van der Waals surface area contributed by atoms with Crippen molar-refractivity contribution in [2.75, 3.05) is 50.7 Å². The van der Waals surface area contributed by atoms with Crippen molar-refractivity contribution in [3.8, 4) is 0 Å². The average Bonchev–Trinajstić information content (AvgIpc) is 2.67. The lowest BCUT2D eigenvalue weighted by Crippen LogP contribution is -2.32. The zero-order valence-electron chi connectivity index (χ0n) is 15.2. The Morgan fingerprint density at radius 1 is 1.15 bits per heavy atom. The van der Waals surface area contributed by atoms with Crippen LogP contribution in [0.15, 0.2) is 30.6 Å². The van der Waals surface area contributed by atoms with Crippen LogP contribution in [0.3, 0.4) is 0 Å². The van der Waals surface area contributed by atoms with Gasteiger partial charge in [-0.1, -0.05) is 23.7 Å². The summed E-state index contributed by atoms with van der Waals surface area (Å²) < 4.78 is 10.2. The second-order valence-corrected chi connectivity index (χ2v) is 6.04. The topological polar surface area (TPSA) is 103 Å². The molecule has 27 heavy (non-hydrogen) atoms. The van der Waals surface area contributed by atoms with Gasteiger partial charge in [0.1, 0.15) is 6.33 Å². The summed E-state index contributed by atoms with van der Waals surface area (Å²) in [6, 6.07) is 7.20. The molecule has 9 nitrogen and oxygen atoms in total. The van der Waals surface area contributed by atoms with Crippen LogP contribution in [0.25, 0.3) is 0 Å². The zero-order chi connectivity index (χ0) is 19.6. The molecule has 2 aromatic rings. The normalized spacial score (nSPS) is 10.6. The summed E-state index contributed by atoms with van der Waals surface area (Å²) in [5.74, 6) is 0.377. The second kappa shape index (κ2) is 10.6. The summed E-state index contributed by atoms with van der Waals surface area (Å²) in [5.41, 5.74) is 0.739. The highest BCUT2D eigenvalue weighted by molar-refractivity contribution is 6.30. The molecule has 1 aromatic heterocycles. The van der Waals surface area contributed by atoms with Crippen molar-refractivity contribution >= 4 is 28.9 Å². The van der Waals surface area contributed by atoms with Gasteiger partial charge in [-0.15, -0.1) is 0 Å². The van der Waals surface area contributed by atoms with Crippen molar-refractivity contribution in [1.29, 1.82) is 0 Å². The Bertz CT molecular complexity index is 737. The van der Waals surface area contributed by atoms with Crippen molar-refractivity contribution in [3.63, 3.8) is 0 Å². The van der Waals surface area contributed by atoms with Gasteiger partial charge in [0.25, 0.3) is 0 Å². The van der Waals surface area contributed by atoms with Crippen LogP contribution in [0, 0.1) is 10.1 Å². The second-order valence-electron chi connectivity index (χ2n) is 5.60. The number of hydrogen-bond acceptors (Lipinski definition) is 8. The van der Waals surface area contributed by atoms with Crippen LogP contribution in [-0.4, -0.2) is 55.4 Å². The van der Waals surface area contributed by atoms with Gasteiger partial charge in [0.15, 0.2) is 0 Å². The smallest absolute Gasteiger partial charge is 0.353 e. The van der Waals surface area contributed by atoms with Crippen LogP contribution < -0.4 is 10.2 Å². The lowest BCUT2D eigenvalue weighted by molar-refractivity contribution is -0.383. The average molecular weight is 396 g/mol. The number of nitrogens with one attached hydrogen (secondary N) is 1. The molecule has 0 saturated heterocycles. The number of nitro groups is 1. The molecule has 0 amide bonds. The quantitative estimate of drug-likeness (QED) is 0.457. The van der Waals surface area contributed by atoms with Crippen LogP contribution in [0.5, 0.6) is 0 Å². The summed E-state index contributed by atoms with van der Waals surface area (Å²) in [7, 11) is 3.14. The minimum Gasteiger partial charge on any atom is -0.383 e. The van der Waals surface area contributed by atoms with E-state index >= 15 is 0 Å². The first-order valence-electron chi connectivity index (χ1n) is 8.27. The Morgan fingerprint density at radius 2 is 1.78 bits per heavy atom. The number of hydrogen-bond donors (Lipinski definition) is 1. The predicted octanol–water partition coefficient (Wildman–Crippen LogP) is 2.75. The predicted molar refractivity (Wildman–Crippen MR) is 103 cm³/mol. The molecule has 1 N–H and O–H groups in total. The number of nitrogens with zero attached hydrogens (tertiary/aromatic N) is 4. The third-order valence-electron chi connectivity index (χ3n) is 3.79. The molecular formula is C17H22ClN5O4. The number of anilines is 2. The van der Waals surface area contributed by atoms with Gasteiger partial charge < -0.3 is 19.7 Å². The standard InChI is InChI=1S/C17H22ClN5O4/c1-26-9-7-22(8-10-27-2)17-15(23(24)25)16(20-12-21-17)19-11-13-3-5-14(18)6-4-13/h3-6,12H,7-11H2,1-2H3,(H,19,20,21). The van der Waals surface area contributed by atoms with E-state index in [0.29, 0.717) is 37.9 Å². The van der Waals surface area contributed by atoms with E-state index in [1.54, 1.807) is 31.3 Å². The highest BCUT2D eigenvalue weighted by Crippen LogP contribution is 2.32. The Morgan fingerprint density at radius 3 is 2.33 bits per heavy atom. The van der Waals surface area contributed by atoms with Crippen LogP contribution in [0.4, 0.5) is 17.3 Å². The highest BCUT2D eigenvalue weighted by atomic mass is 35.5. The summed E-state index contributed by atoms with van der Waals surface area (Å²) >= 11 is 5.88. The van der Waals surface area contributed by atoms with Crippen molar-refractivity contribution in [3.05, 3.63) is 51.3 Å². The number of rotatable bonds is 11. The molecule has 10 heteroatoms. The number of benzene rings is 1. The molecule has 0 aliphatic carbocycles. The molecule has 0 fully saturated rings. The van der Waals surface area contributed by atoms with Gasteiger partial charge >= 0.3 is 5.69 Å². The van der Waals surface area contributed by atoms with E-state index in [1.165, 1.54) is 6.33 Å². The lowest BCUT2D eigenvalue weighted by atomic mass is 10.2. The maximum atomic E-state index is 11.7. The van der Waals surface area contributed by atoms with E-state index in [0.717, 1.165) is 5.56 Å². The number of aromatic nitrogens is 2. The Balaban J connectivity index is 2.27. The summed E-state index contributed by atoms with van der Waals surface area (Å²) in [4.78, 5) is 21.2. The molecule has 0 spiro atoms. The van der Waals surface area contributed by atoms with Gasteiger partial charge in [-0.2, -0.15) is 0 Å². The summed E-state index contributed by atoms with van der Waals surface area (Å²) in [5, 5.41) is 15.4. The van der Waals surface area contributed by atoms with Crippen molar-refractivity contribution in [1.82, 2.24) is 9.97 Å². The minimum absolute atomic E-state index is 0.153. The van der Waals surface area contributed by atoms with E-state index in [2.05, 4.69) is 15.3 Å². The van der Waals surface area contributed by atoms with E-state index in [1.807, 2.05) is 12.1 Å². The van der Waals surface area contributed by atoms with E-state index in [4.69, 9.17) is 21.1 Å². The number of halogens is 1. The maximum Gasteiger partial charge on any atom is 0.353 e. The van der Waals surface area contributed by atoms with Crippen LogP contribution in [-0.2, 0) is 16.0 Å². The SMILES string of the molecule is COCCN(CCOC)c1ncnc(NCc2ccc(Cl)cc2)c1[N+](=O)[O-]. The summed E-state index contributed by atoms with van der Waals surface area (Å²) in [6.45, 7) is 2.05. The largest absolute Gasteiger partial charge is 0.383 e. The van der Waals surface area contributed by atoms with Gasteiger partial charge in [0, 0.05) is 38.9 Å². The fraction of sp³-hybridized carbons (Fsp3) is 0.412. The molecule has 2 rings (SSSR count). The molecule has 146 valence electrons. The lowest BCUT2D eigenvalue weighted by Gasteiger charge is -2.23. The van der Waals surface area contributed by atoms with Gasteiger partial charge in [-0.3, -0.25) is 10.1 Å². The monoisotopic (exact) mass is 395 g/mol. The van der Waals surface area contributed by atoms with Gasteiger partial charge in [0.05, 0.1) is 18.1 Å². The molecule has 0 unspecified atom stereocenters. The fourth-order valence-electron chi connectivity index (χ4n) is 2.41. The van der Waals surface area contributed by atoms with Gasteiger partial charge in [-0.25, -0.2) is 9.97 Å². The third kappa shape index (κ3) is 6.02. The Labute approximate surface area is 162 Å². The molecule has 0 radical (unpaired) electrons. The third-order valence-corrected chi connectivity index (χ3v) is 4.04. The first-order chi connectivity index (χ1) is 13.1. The molecule has 0 aliphatic heterocycles. The first-order valence-corrected chi connectivity index (χ1v) is 8.65. The Kier molecular flexibility index (Phi) is 8.18. The number of methoxy groups -OCH3 is 2. The molecule has 0 saturated carbocycles. The maximum absolute atomic E-state index is 11.7. The van der Waals surface area contributed by atoms with Gasteiger partial charge in [0.2, 0.25) is 11.6 Å². The van der Waals surface area contributed by atoms with Crippen molar-refractivity contribution < 1.29 is 14.4 Å². The fourth-order valence-corrected chi connectivity index (χ4v) is 2.54. The Hall–Kier alpha value is -2.49. The molecule has 0 bridgehead atoms.